The van der Waals surface area contributed by atoms with E-state index in [4.69, 9.17) is 5.73 Å². The number of rotatable bonds is 6. The summed E-state index contributed by atoms with van der Waals surface area (Å²) >= 11 is 0. The van der Waals surface area contributed by atoms with Gasteiger partial charge in [0.25, 0.3) is 0 Å². The molecule has 0 aliphatic heterocycles. The fourth-order valence-electron chi connectivity index (χ4n) is 1.68. The molecule has 0 fully saturated rings. The second kappa shape index (κ2) is 6.49. The molecule has 1 nitrogen and oxygen atoms in total. The number of hydrogen-bond acceptors (Lipinski definition) is 1. The first kappa shape index (κ1) is 13.0. The zero-order valence-electron chi connectivity index (χ0n) is 10.5. The van der Waals surface area contributed by atoms with Crippen LogP contribution in [0.5, 0.6) is 0 Å². The maximum absolute atomic E-state index is 6.06. The van der Waals surface area contributed by atoms with Crippen molar-refractivity contribution in [2.24, 2.45) is 5.73 Å². The normalized spacial score (nSPS) is 12.4. The van der Waals surface area contributed by atoms with Gasteiger partial charge in [0.15, 0.2) is 0 Å². The molecular formula is C15H23N. The van der Waals surface area contributed by atoms with E-state index in [1.165, 1.54) is 16.7 Å². The number of benzene rings is 1. The molecule has 0 heterocycles. The summed E-state index contributed by atoms with van der Waals surface area (Å²) < 4.78 is 0. The second-order valence-electron chi connectivity index (χ2n) is 4.78. The van der Waals surface area contributed by atoms with E-state index in [2.05, 4.69) is 44.7 Å². The topological polar surface area (TPSA) is 26.0 Å². The SMILES string of the molecule is C=C(C)CCC(N)CCc1ccc(C)cc1. The van der Waals surface area contributed by atoms with Crippen molar-refractivity contribution in [3.05, 3.63) is 47.5 Å². The molecule has 1 rings (SSSR count). The Hall–Kier alpha value is -1.08. The minimum atomic E-state index is 0.304. The lowest BCUT2D eigenvalue weighted by molar-refractivity contribution is 0.567. The fourth-order valence-corrected chi connectivity index (χ4v) is 1.68. The van der Waals surface area contributed by atoms with Crippen LogP contribution >= 0.6 is 0 Å². The molecule has 1 aromatic carbocycles. The van der Waals surface area contributed by atoms with Crippen molar-refractivity contribution in [3.8, 4) is 0 Å². The van der Waals surface area contributed by atoms with Gasteiger partial charge in [-0.3, -0.25) is 0 Å². The van der Waals surface area contributed by atoms with Crippen molar-refractivity contribution in [3.63, 3.8) is 0 Å². The Balaban J connectivity index is 2.28. The third-order valence-electron chi connectivity index (χ3n) is 2.87. The molecule has 0 aliphatic carbocycles. The maximum Gasteiger partial charge on any atom is 0.00450 e. The Labute approximate surface area is 99.4 Å². The third kappa shape index (κ3) is 5.13. The largest absolute Gasteiger partial charge is 0.328 e. The Kier molecular flexibility index (Phi) is 5.27. The van der Waals surface area contributed by atoms with Crippen LogP contribution in [-0.4, -0.2) is 6.04 Å². The number of aryl methyl sites for hydroxylation is 2. The van der Waals surface area contributed by atoms with Crippen LogP contribution < -0.4 is 5.73 Å². The Morgan fingerprint density at radius 2 is 1.88 bits per heavy atom. The highest BCUT2D eigenvalue weighted by Gasteiger charge is 2.03. The fraction of sp³-hybridized carbons (Fsp3) is 0.467. The predicted molar refractivity (Wildman–Crippen MR) is 71.5 cm³/mol. The molecule has 2 N–H and O–H groups in total. The smallest absolute Gasteiger partial charge is 0.00450 e. The van der Waals surface area contributed by atoms with Gasteiger partial charge in [0.1, 0.15) is 0 Å². The molecule has 0 aromatic heterocycles. The van der Waals surface area contributed by atoms with Crippen molar-refractivity contribution in [1.29, 1.82) is 0 Å². The van der Waals surface area contributed by atoms with Gasteiger partial charge in [-0.1, -0.05) is 35.4 Å². The average molecular weight is 217 g/mol. The summed E-state index contributed by atoms with van der Waals surface area (Å²) in [6.07, 6.45) is 4.25. The predicted octanol–water partition coefficient (Wildman–Crippen LogP) is 3.61. The van der Waals surface area contributed by atoms with Crippen LogP contribution in [0.3, 0.4) is 0 Å². The summed E-state index contributed by atoms with van der Waals surface area (Å²) in [4.78, 5) is 0. The molecule has 0 saturated carbocycles. The van der Waals surface area contributed by atoms with Gasteiger partial charge in [-0.15, -0.1) is 6.58 Å². The lowest BCUT2D eigenvalue weighted by atomic mass is 10.0. The van der Waals surface area contributed by atoms with E-state index in [0.717, 1.165) is 25.7 Å². The van der Waals surface area contributed by atoms with Crippen LogP contribution in [0.1, 0.15) is 37.3 Å². The Morgan fingerprint density at radius 1 is 1.25 bits per heavy atom. The van der Waals surface area contributed by atoms with Crippen molar-refractivity contribution >= 4 is 0 Å². The third-order valence-corrected chi connectivity index (χ3v) is 2.87. The summed E-state index contributed by atoms with van der Waals surface area (Å²) in [5.41, 5.74) is 9.99. The summed E-state index contributed by atoms with van der Waals surface area (Å²) in [6.45, 7) is 8.08. The average Bonchev–Trinajstić information content (AvgIpc) is 2.25. The second-order valence-corrected chi connectivity index (χ2v) is 4.78. The van der Waals surface area contributed by atoms with Crippen LogP contribution in [-0.2, 0) is 6.42 Å². The summed E-state index contributed by atoms with van der Waals surface area (Å²) in [5.74, 6) is 0. The van der Waals surface area contributed by atoms with E-state index < -0.39 is 0 Å². The number of allylic oxidation sites excluding steroid dienone is 1. The molecule has 88 valence electrons. The quantitative estimate of drug-likeness (QED) is 0.724. The number of hydrogen-bond donors (Lipinski definition) is 1. The molecule has 1 atom stereocenters. The highest BCUT2D eigenvalue weighted by atomic mass is 14.6. The van der Waals surface area contributed by atoms with E-state index in [9.17, 15) is 0 Å². The molecule has 0 spiro atoms. The van der Waals surface area contributed by atoms with Crippen LogP contribution in [0.25, 0.3) is 0 Å². The van der Waals surface area contributed by atoms with Crippen LogP contribution in [0, 0.1) is 6.92 Å². The van der Waals surface area contributed by atoms with Gasteiger partial charge >= 0.3 is 0 Å². The molecule has 0 radical (unpaired) electrons. The first-order valence-corrected chi connectivity index (χ1v) is 6.03. The highest BCUT2D eigenvalue weighted by molar-refractivity contribution is 5.21. The standard InChI is InChI=1S/C15H23N/c1-12(2)4-10-15(16)11-9-14-7-5-13(3)6-8-14/h5-8,15H,1,4,9-11,16H2,2-3H3. The van der Waals surface area contributed by atoms with E-state index in [1.54, 1.807) is 0 Å². The van der Waals surface area contributed by atoms with Gasteiger partial charge in [-0.25, -0.2) is 0 Å². The molecule has 1 heteroatoms. The zero-order valence-corrected chi connectivity index (χ0v) is 10.5. The van der Waals surface area contributed by atoms with Crippen molar-refractivity contribution in [2.45, 2.75) is 45.6 Å². The monoisotopic (exact) mass is 217 g/mol. The maximum atomic E-state index is 6.06. The van der Waals surface area contributed by atoms with Crippen LogP contribution in [0.15, 0.2) is 36.4 Å². The highest BCUT2D eigenvalue weighted by Crippen LogP contribution is 2.10. The van der Waals surface area contributed by atoms with E-state index in [0.29, 0.717) is 6.04 Å². The van der Waals surface area contributed by atoms with Gasteiger partial charge < -0.3 is 5.73 Å². The minimum Gasteiger partial charge on any atom is -0.328 e. The summed E-state index contributed by atoms with van der Waals surface area (Å²) in [6, 6.07) is 9.02. The molecule has 0 aliphatic rings. The van der Waals surface area contributed by atoms with Gasteiger partial charge in [-0.05, 0) is 45.1 Å². The van der Waals surface area contributed by atoms with E-state index in [1.807, 2.05) is 0 Å². The molecular weight excluding hydrogens is 194 g/mol. The number of nitrogens with two attached hydrogens (primary N) is 1. The van der Waals surface area contributed by atoms with Crippen LogP contribution in [0.2, 0.25) is 0 Å². The molecule has 1 aromatic rings. The van der Waals surface area contributed by atoms with Gasteiger partial charge in [0, 0.05) is 6.04 Å². The molecule has 16 heavy (non-hydrogen) atoms. The van der Waals surface area contributed by atoms with E-state index in [-0.39, 0.29) is 0 Å². The Morgan fingerprint density at radius 3 is 2.44 bits per heavy atom. The van der Waals surface area contributed by atoms with Crippen molar-refractivity contribution in [1.82, 2.24) is 0 Å². The van der Waals surface area contributed by atoms with Gasteiger partial charge in [0.2, 0.25) is 0 Å². The molecule has 1 unspecified atom stereocenters. The van der Waals surface area contributed by atoms with E-state index >= 15 is 0 Å². The lowest BCUT2D eigenvalue weighted by Crippen LogP contribution is -2.20. The lowest BCUT2D eigenvalue weighted by Gasteiger charge is -2.11. The van der Waals surface area contributed by atoms with Gasteiger partial charge in [-0.2, -0.15) is 0 Å². The Bertz CT molecular complexity index is 324. The van der Waals surface area contributed by atoms with Crippen molar-refractivity contribution < 1.29 is 0 Å². The van der Waals surface area contributed by atoms with Gasteiger partial charge in [0.05, 0.1) is 0 Å². The molecule has 0 bridgehead atoms. The first-order chi connectivity index (χ1) is 7.58. The van der Waals surface area contributed by atoms with Crippen molar-refractivity contribution in [2.75, 3.05) is 0 Å². The molecule has 0 saturated heterocycles. The first-order valence-electron chi connectivity index (χ1n) is 6.03. The summed E-state index contributed by atoms with van der Waals surface area (Å²) in [5, 5.41) is 0. The zero-order chi connectivity index (χ0) is 12.0. The molecule has 0 amide bonds. The summed E-state index contributed by atoms with van der Waals surface area (Å²) in [7, 11) is 0. The van der Waals surface area contributed by atoms with Crippen LogP contribution in [0.4, 0.5) is 0 Å². The minimum absolute atomic E-state index is 0.304.